The highest BCUT2D eigenvalue weighted by molar-refractivity contribution is 8.00. The second-order valence-electron chi connectivity index (χ2n) is 11.7. The summed E-state index contributed by atoms with van der Waals surface area (Å²) in [6, 6.07) is 7.31. The number of benzene rings is 1. The van der Waals surface area contributed by atoms with Gasteiger partial charge < -0.3 is 36.6 Å². The van der Waals surface area contributed by atoms with Crippen LogP contribution in [0.4, 0.5) is 9.59 Å². The molecular weight excluding hydrogens is 600 g/mol. The molecule has 0 radical (unpaired) electrons. The number of alkyl carbamates (subject to hydrolysis) is 1. The number of Topliss-reactive ketones (excluding diaryl/α,β-unsaturated/α-hetero) is 1. The number of fused-ring (bicyclic) bond motifs is 1. The first kappa shape index (κ1) is 35.7. The van der Waals surface area contributed by atoms with Gasteiger partial charge in [0.15, 0.2) is 0 Å². The summed E-state index contributed by atoms with van der Waals surface area (Å²) in [7, 11) is 0. The highest BCUT2D eigenvalue weighted by atomic mass is 32.2. The van der Waals surface area contributed by atoms with Gasteiger partial charge in [-0.05, 0) is 37.2 Å². The summed E-state index contributed by atoms with van der Waals surface area (Å²) in [6.07, 6.45) is 2.55. The number of rotatable bonds is 18. The molecule has 2 heterocycles. The summed E-state index contributed by atoms with van der Waals surface area (Å²) >= 11 is 1.84. The van der Waals surface area contributed by atoms with E-state index in [1.54, 1.807) is 6.92 Å². The Hall–Kier alpha value is -3.81. The van der Waals surface area contributed by atoms with Gasteiger partial charge in [-0.25, -0.2) is 9.59 Å². The number of nitrogens with one attached hydrogen (secondary N) is 6. The first-order valence-electron chi connectivity index (χ1n) is 15.6. The average molecular weight is 647 g/mol. The zero-order valence-corrected chi connectivity index (χ0v) is 27.0. The number of carbonyl (C=O) groups is 6. The minimum absolute atomic E-state index is 0.0415. The van der Waals surface area contributed by atoms with Crippen LogP contribution in [0.3, 0.4) is 0 Å². The first-order chi connectivity index (χ1) is 21.6. The number of ketones is 1. The van der Waals surface area contributed by atoms with E-state index in [9.17, 15) is 28.8 Å². The van der Waals surface area contributed by atoms with Crippen molar-refractivity contribution in [2.75, 3.05) is 18.8 Å². The summed E-state index contributed by atoms with van der Waals surface area (Å²) in [6.45, 7) is 5.71. The summed E-state index contributed by atoms with van der Waals surface area (Å²) < 4.78 is 5.24. The molecule has 2 aliphatic rings. The summed E-state index contributed by atoms with van der Waals surface area (Å²) in [4.78, 5) is 74.4. The Morgan fingerprint density at radius 2 is 1.71 bits per heavy atom. The van der Waals surface area contributed by atoms with Gasteiger partial charge in [0.1, 0.15) is 12.6 Å². The van der Waals surface area contributed by atoms with Gasteiger partial charge in [0.05, 0.1) is 18.1 Å². The van der Waals surface area contributed by atoms with Crippen LogP contribution in [-0.2, 0) is 30.5 Å². The maximum atomic E-state index is 13.0. The normalized spacial score (nSPS) is 19.8. The van der Waals surface area contributed by atoms with Gasteiger partial charge in [-0.1, -0.05) is 57.5 Å². The number of unbranched alkanes of at least 4 members (excludes halogenated alkanes) is 1. The van der Waals surface area contributed by atoms with Crippen molar-refractivity contribution in [3.63, 3.8) is 0 Å². The molecule has 2 aliphatic heterocycles. The van der Waals surface area contributed by atoms with Crippen molar-refractivity contribution in [3.8, 4) is 0 Å². The van der Waals surface area contributed by atoms with Crippen molar-refractivity contribution in [2.45, 2.75) is 95.3 Å². The van der Waals surface area contributed by atoms with Crippen LogP contribution in [0.25, 0.3) is 0 Å². The molecule has 248 valence electrons. The van der Waals surface area contributed by atoms with E-state index in [4.69, 9.17) is 4.74 Å². The van der Waals surface area contributed by atoms with Crippen molar-refractivity contribution < 1.29 is 33.5 Å². The predicted molar refractivity (Wildman–Crippen MR) is 170 cm³/mol. The summed E-state index contributed by atoms with van der Waals surface area (Å²) in [5.74, 6) is -1.46. The fraction of sp³-hybridized carbons (Fsp3) is 0.613. The number of amides is 6. The summed E-state index contributed by atoms with van der Waals surface area (Å²) in [5, 5.41) is 16.6. The van der Waals surface area contributed by atoms with Gasteiger partial charge in [0, 0.05) is 30.5 Å². The molecule has 13 nitrogen and oxygen atoms in total. The third-order valence-corrected chi connectivity index (χ3v) is 9.12. The molecule has 3 rings (SSSR count). The summed E-state index contributed by atoms with van der Waals surface area (Å²) in [5.41, 5.74) is 0.798. The second kappa shape index (κ2) is 18.2. The van der Waals surface area contributed by atoms with Crippen molar-refractivity contribution in [1.82, 2.24) is 31.9 Å². The predicted octanol–water partition coefficient (Wildman–Crippen LogP) is 1.75. The third kappa shape index (κ3) is 11.9. The molecule has 45 heavy (non-hydrogen) atoms. The highest BCUT2D eigenvalue weighted by Gasteiger charge is 2.42. The van der Waals surface area contributed by atoms with Gasteiger partial charge in [0.2, 0.25) is 17.6 Å². The van der Waals surface area contributed by atoms with Crippen molar-refractivity contribution in [2.24, 2.45) is 5.92 Å². The zero-order valence-electron chi connectivity index (χ0n) is 26.2. The number of ether oxygens (including phenoxy) is 1. The molecular formula is C31H46N6O7S. The molecule has 0 spiro atoms. The Balaban J connectivity index is 1.33. The third-order valence-electron chi connectivity index (χ3n) is 7.61. The Morgan fingerprint density at radius 3 is 2.42 bits per heavy atom. The minimum atomic E-state index is -1.08. The van der Waals surface area contributed by atoms with Gasteiger partial charge in [-0.2, -0.15) is 11.8 Å². The lowest BCUT2D eigenvalue weighted by Gasteiger charge is -2.23. The number of hydrogen-bond acceptors (Lipinski definition) is 8. The van der Waals surface area contributed by atoms with Crippen LogP contribution in [0.5, 0.6) is 0 Å². The van der Waals surface area contributed by atoms with Gasteiger partial charge >= 0.3 is 12.1 Å². The number of hydrogen-bond donors (Lipinski definition) is 6. The molecule has 14 heteroatoms. The van der Waals surface area contributed by atoms with E-state index in [0.717, 1.165) is 24.2 Å². The highest BCUT2D eigenvalue weighted by Crippen LogP contribution is 2.33. The lowest BCUT2D eigenvalue weighted by Crippen LogP contribution is -2.54. The van der Waals surface area contributed by atoms with E-state index in [1.807, 2.05) is 55.9 Å². The average Bonchev–Trinajstić information content (AvgIpc) is 3.57. The van der Waals surface area contributed by atoms with Crippen LogP contribution in [0.1, 0.15) is 64.9 Å². The van der Waals surface area contributed by atoms with E-state index in [2.05, 4.69) is 31.9 Å². The molecule has 6 amide bonds. The topological polar surface area (TPSA) is 184 Å². The Morgan fingerprint density at radius 1 is 0.978 bits per heavy atom. The molecule has 2 saturated heterocycles. The SMILES string of the molecule is CC[C@H](NC(=O)[C@H](CC(C)C)NC(=O)OCc1ccccc1)C(=O)C(=O)NCCNC(=O)CCCCC1SCC2NC(=O)NC21. The van der Waals surface area contributed by atoms with Crippen LogP contribution < -0.4 is 31.9 Å². The van der Waals surface area contributed by atoms with Crippen molar-refractivity contribution in [3.05, 3.63) is 35.9 Å². The number of urea groups is 1. The van der Waals surface area contributed by atoms with E-state index in [-0.39, 0.29) is 56.1 Å². The lowest BCUT2D eigenvalue weighted by molar-refractivity contribution is -0.140. The van der Waals surface area contributed by atoms with E-state index in [0.29, 0.717) is 24.5 Å². The lowest BCUT2D eigenvalue weighted by atomic mass is 10.0. The second-order valence-corrected chi connectivity index (χ2v) is 13.0. The fourth-order valence-corrected chi connectivity index (χ4v) is 6.76. The number of carbonyl (C=O) groups excluding carboxylic acids is 6. The van der Waals surface area contributed by atoms with Gasteiger partial charge in [0.25, 0.3) is 5.91 Å². The molecule has 6 N–H and O–H groups in total. The Kier molecular flexibility index (Phi) is 14.4. The molecule has 0 aromatic heterocycles. The fourth-order valence-electron chi connectivity index (χ4n) is 5.22. The van der Waals surface area contributed by atoms with Gasteiger partial charge in [-0.3, -0.25) is 19.2 Å². The minimum Gasteiger partial charge on any atom is -0.445 e. The smallest absolute Gasteiger partial charge is 0.408 e. The van der Waals surface area contributed by atoms with Gasteiger partial charge in [-0.15, -0.1) is 0 Å². The Labute approximate surface area is 268 Å². The van der Waals surface area contributed by atoms with Crippen molar-refractivity contribution in [1.29, 1.82) is 0 Å². The van der Waals surface area contributed by atoms with Crippen LogP contribution in [0.2, 0.25) is 0 Å². The molecule has 0 saturated carbocycles. The molecule has 1 aromatic rings. The maximum absolute atomic E-state index is 13.0. The van der Waals surface area contributed by atoms with Crippen LogP contribution in [0.15, 0.2) is 30.3 Å². The quantitative estimate of drug-likeness (QED) is 0.0792. The van der Waals surface area contributed by atoms with Crippen LogP contribution >= 0.6 is 11.8 Å². The largest absolute Gasteiger partial charge is 0.445 e. The van der Waals surface area contributed by atoms with E-state index in [1.165, 1.54) is 0 Å². The molecule has 0 bridgehead atoms. The molecule has 5 atom stereocenters. The van der Waals surface area contributed by atoms with E-state index < -0.39 is 35.8 Å². The van der Waals surface area contributed by atoms with E-state index >= 15 is 0 Å². The zero-order chi connectivity index (χ0) is 32.8. The standard InChI is InChI=1S/C31H46N6O7S/c1-4-21(34-28(40)22(16-19(2)3)36-31(43)44-17-20-10-6-5-7-11-20)27(39)29(41)33-15-14-32-25(38)13-9-8-12-24-26-23(18-45-24)35-30(42)37-26/h5-7,10-11,19,21-24,26H,4,8-9,12-18H2,1-3H3,(H,32,38)(H,33,41)(H,34,40)(H,36,43)(H2,35,37,42)/t21-,22-,23?,24?,26?/m0/s1. The first-order valence-corrected chi connectivity index (χ1v) is 16.7. The maximum Gasteiger partial charge on any atom is 0.408 e. The van der Waals surface area contributed by atoms with Crippen molar-refractivity contribution >= 4 is 47.4 Å². The molecule has 2 fully saturated rings. The van der Waals surface area contributed by atoms with Crippen LogP contribution in [-0.4, -0.2) is 83.9 Å². The molecule has 3 unspecified atom stereocenters. The molecule has 1 aromatic carbocycles. The monoisotopic (exact) mass is 646 g/mol. The molecule has 0 aliphatic carbocycles. The Bertz CT molecular complexity index is 1180. The van der Waals surface area contributed by atoms with Crippen LogP contribution in [0, 0.1) is 5.92 Å². The number of thioether (sulfide) groups is 1.